The van der Waals surface area contributed by atoms with Gasteiger partial charge in [0.25, 0.3) is 0 Å². The first-order chi connectivity index (χ1) is 12.7. The molecule has 1 fully saturated rings. The summed E-state index contributed by atoms with van der Waals surface area (Å²) in [7, 11) is 0. The number of amides is 3. The zero-order valence-electron chi connectivity index (χ0n) is 15.9. The molecule has 0 aromatic rings. The molecule has 0 saturated carbocycles. The monoisotopic (exact) mass is 385 g/mol. The van der Waals surface area contributed by atoms with E-state index in [4.69, 9.17) is 16.6 Å². The van der Waals surface area contributed by atoms with Crippen LogP contribution < -0.4 is 22.1 Å². The highest BCUT2D eigenvalue weighted by molar-refractivity contribution is 5.93. The standard InChI is InChI=1S/C17H31N5O5/c1-10(20-15(24)12(19)6-3-4-8-18)14(23)21-11(2)16(25)22-9-5-7-13(22)17(26)27/h10-13H,3-9,18-19H2,1-2H3,(H,20,24)(H,21,23)(H,26,27)/t10-,11-,12-,13-/m0/s1. The molecule has 0 aliphatic carbocycles. The van der Waals surface area contributed by atoms with Crippen LogP contribution in [0.5, 0.6) is 0 Å². The molecule has 0 radical (unpaired) electrons. The van der Waals surface area contributed by atoms with Crippen LogP contribution in [0.4, 0.5) is 0 Å². The third-order valence-electron chi connectivity index (χ3n) is 4.61. The Morgan fingerprint density at radius 3 is 2.33 bits per heavy atom. The average Bonchev–Trinajstić information content (AvgIpc) is 3.10. The van der Waals surface area contributed by atoms with Crippen molar-refractivity contribution in [3.63, 3.8) is 0 Å². The molecule has 10 nitrogen and oxygen atoms in total. The fourth-order valence-corrected chi connectivity index (χ4v) is 2.96. The van der Waals surface area contributed by atoms with Crippen LogP contribution in [0.15, 0.2) is 0 Å². The highest BCUT2D eigenvalue weighted by Crippen LogP contribution is 2.18. The Bertz CT molecular complexity index is 556. The molecule has 4 atom stereocenters. The van der Waals surface area contributed by atoms with Crippen molar-refractivity contribution in [3.05, 3.63) is 0 Å². The first-order valence-corrected chi connectivity index (χ1v) is 9.28. The Hall–Kier alpha value is -2.20. The van der Waals surface area contributed by atoms with Crippen LogP contribution in [0, 0.1) is 0 Å². The number of nitrogens with two attached hydrogens (primary N) is 2. The molecule has 0 aromatic carbocycles. The van der Waals surface area contributed by atoms with Gasteiger partial charge in [-0.2, -0.15) is 0 Å². The third kappa shape index (κ3) is 6.79. The van der Waals surface area contributed by atoms with E-state index in [1.54, 1.807) is 0 Å². The average molecular weight is 385 g/mol. The zero-order valence-corrected chi connectivity index (χ0v) is 15.9. The molecular formula is C17H31N5O5. The largest absolute Gasteiger partial charge is 0.480 e. The lowest BCUT2D eigenvalue weighted by molar-refractivity contribution is -0.149. The number of carbonyl (C=O) groups excluding carboxylic acids is 3. The molecular weight excluding hydrogens is 354 g/mol. The highest BCUT2D eigenvalue weighted by Gasteiger charge is 2.36. The van der Waals surface area contributed by atoms with E-state index in [-0.39, 0.29) is 0 Å². The number of carboxylic acids is 1. The summed E-state index contributed by atoms with van der Waals surface area (Å²) < 4.78 is 0. The minimum absolute atomic E-state index is 0.347. The van der Waals surface area contributed by atoms with Crippen molar-refractivity contribution in [2.45, 2.75) is 70.1 Å². The second-order valence-electron chi connectivity index (χ2n) is 6.88. The Morgan fingerprint density at radius 2 is 1.74 bits per heavy atom. The molecule has 1 rings (SSSR count). The predicted octanol–water partition coefficient (Wildman–Crippen LogP) is -1.47. The molecule has 10 heteroatoms. The summed E-state index contributed by atoms with van der Waals surface area (Å²) >= 11 is 0. The SMILES string of the molecule is C[C@H](NC(=O)[C@@H](N)CCCCN)C(=O)N[C@@H](C)C(=O)N1CCC[C@H]1C(=O)O. The van der Waals surface area contributed by atoms with Crippen LogP contribution in [0.2, 0.25) is 0 Å². The molecule has 1 aliphatic heterocycles. The molecule has 27 heavy (non-hydrogen) atoms. The maximum atomic E-state index is 12.4. The van der Waals surface area contributed by atoms with Gasteiger partial charge in [-0.25, -0.2) is 4.79 Å². The molecule has 0 spiro atoms. The number of nitrogens with zero attached hydrogens (tertiary/aromatic N) is 1. The van der Waals surface area contributed by atoms with Crippen molar-refractivity contribution < 1.29 is 24.3 Å². The van der Waals surface area contributed by atoms with E-state index in [0.717, 1.165) is 12.8 Å². The van der Waals surface area contributed by atoms with Crippen LogP contribution in [-0.4, -0.2) is 71.0 Å². The number of carboxylic acid groups (broad SMARTS) is 1. The van der Waals surface area contributed by atoms with Gasteiger partial charge < -0.3 is 32.1 Å². The van der Waals surface area contributed by atoms with Crippen LogP contribution in [0.3, 0.4) is 0 Å². The van der Waals surface area contributed by atoms with Gasteiger partial charge >= 0.3 is 5.97 Å². The number of hydrogen-bond donors (Lipinski definition) is 5. The van der Waals surface area contributed by atoms with Crippen molar-refractivity contribution in [3.8, 4) is 0 Å². The second kappa shape index (κ2) is 10.8. The zero-order chi connectivity index (χ0) is 20.6. The first kappa shape index (κ1) is 22.8. The number of hydrogen-bond acceptors (Lipinski definition) is 6. The molecule has 1 saturated heterocycles. The predicted molar refractivity (Wildman–Crippen MR) is 98.5 cm³/mol. The lowest BCUT2D eigenvalue weighted by atomic mass is 10.1. The maximum absolute atomic E-state index is 12.4. The lowest BCUT2D eigenvalue weighted by Gasteiger charge is -2.26. The number of likely N-dealkylation sites (tertiary alicyclic amines) is 1. The van der Waals surface area contributed by atoms with Gasteiger partial charge in [-0.15, -0.1) is 0 Å². The van der Waals surface area contributed by atoms with Crippen LogP contribution in [0.25, 0.3) is 0 Å². The van der Waals surface area contributed by atoms with E-state index in [1.165, 1.54) is 18.7 Å². The molecule has 0 unspecified atom stereocenters. The number of rotatable bonds is 10. The number of aliphatic carboxylic acids is 1. The van der Waals surface area contributed by atoms with E-state index in [1.807, 2.05) is 0 Å². The van der Waals surface area contributed by atoms with Crippen molar-refractivity contribution in [2.24, 2.45) is 11.5 Å². The number of carbonyl (C=O) groups is 4. The maximum Gasteiger partial charge on any atom is 0.326 e. The molecule has 7 N–H and O–H groups in total. The summed E-state index contributed by atoms with van der Waals surface area (Å²) in [5.41, 5.74) is 11.2. The Balaban J connectivity index is 2.50. The second-order valence-corrected chi connectivity index (χ2v) is 6.88. The molecule has 0 aromatic heterocycles. The van der Waals surface area contributed by atoms with Gasteiger partial charge in [-0.3, -0.25) is 14.4 Å². The van der Waals surface area contributed by atoms with E-state index in [9.17, 15) is 19.2 Å². The minimum Gasteiger partial charge on any atom is -0.480 e. The van der Waals surface area contributed by atoms with Gasteiger partial charge in [0.1, 0.15) is 18.1 Å². The molecule has 1 heterocycles. The Morgan fingerprint density at radius 1 is 1.11 bits per heavy atom. The third-order valence-corrected chi connectivity index (χ3v) is 4.61. The van der Waals surface area contributed by atoms with Crippen molar-refractivity contribution in [1.29, 1.82) is 0 Å². The number of nitrogens with one attached hydrogen (secondary N) is 2. The molecule has 154 valence electrons. The molecule has 0 bridgehead atoms. The van der Waals surface area contributed by atoms with E-state index in [0.29, 0.717) is 32.4 Å². The Kier molecular flexibility index (Phi) is 9.16. The van der Waals surface area contributed by atoms with Crippen molar-refractivity contribution in [1.82, 2.24) is 15.5 Å². The van der Waals surface area contributed by atoms with E-state index < -0.39 is 47.9 Å². The first-order valence-electron chi connectivity index (χ1n) is 9.28. The summed E-state index contributed by atoms with van der Waals surface area (Å²) in [5.74, 6) is -2.49. The van der Waals surface area contributed by atoms with Gasteiger partial charge in [-0.05, 0) is 46.1 Å². The van der Waals surface area contributed by atoms with Crippen molar-refractivity contribution in [2.75, 3.05) is 13.1 Å². The fraction of sp³-hybridized carbons (Fsp3) is 0.765. The topological polar surface area (TPSA) is 168 Å². The quantitative estimate of drug-likeness (QED) is 0.286. The van der Waals surface area contributed by atoms with E-state index >= 15 is 0 Å². The Labute approximate surface area is 159 Å². The van der Waals surface area contributed by atoms with Crippen LogP contribution >= 0.6 is 0 Å². The molecule has 3 amide bonds. The van der Waals surface area contributed by atoms with Gasteiger partial charge in [0.15, 0.2) is 0 Å². The summed E-state index contributed by atoms with van der Waals surface area (Å²) in [4.78, 5) is 49.1. The summed E-state index contributed by atoms with van der Waals surface area (Å²) in [6.45, 7) is 3.86. The lowest BCUT2D eigenvalue weighted by Crippen LogP contribution is -2.55. The molecule has 1 aliphatic rings. The fourth-order valence-electron chi connectivity index (χ4n) is 2.96. The van der Waals surface area contributed by atoms with Gasteiger partial charge in [0, 0.05) is 6.54 Å². The number of unbranched alkanes of at least 4 members (excludes halogenated alkanes) is 1. The summed E-state index contributed by atoms with van der Waals surface area (Å²) in [5, 5.41) is 14.2. The van der Waals surface area contributed by atoms with Crippen LogP contribution in [0.1, 0.15) is 46.0 Å². The minimum atomic E-state index is -1.05. The normalized spacial score (nSPS) is 19.9. The smallest absolute Gasteiger partial charge is 0.326 e. The van der Waals surface area contributed by atoms with Crippen molar-refractivity contribution >= 4 is 23.7 Å². The van der Waals surface area contributed by atoms with Gasteiger partial charge in [0.05, 0.1) is 6.04 Å². The van der Waals surface area contributed by atoms with E-state index in [2.05, 4.69) is 10.6 Å². The summed E-state index contributed by atoms with van der Waals surface area (Å²) in [6.07, 6.45) is 2.97. The van der Waals surface area contributed by atoms with Gasteiger partial charge in [0.2, 0.25) is 17.7 Å². The highest BCUT2D eigenvalue weighted by atomic mass is 16.4. The summed E-state index contributed by atoms with van der Waals surface area (Å²) in [6, 6.07) is -3.36. The van der Waals surface area contributed by atoms with Crippen LogP contribution in [-0.2, 0) is 19.2 Å². The van der Waals surface area contributed by atoms with Gasteiger partial charge in [-0.1, -0.05) is 6.42 Å².